The van der Waals surface area contributed by atoms with E-state index in [4.69, 9.17) is 51.1 Å². The van der Waals surface area contributed by atoms with E-state index in [9.17, 15) is 4.79 Å². The summed E-state index contributed by atoms with van der Waals surface area (Å²) in [7, 11) is 2.81. The molecule has 0 bridgehead atoms. The molecule has 0 unspecified atom stereocenters. The van der Waals surface area contributed by atoms with Crippen molar-refractivity contribution in [1.29, 1.82) is 0 Å². The smallest absolute Gasteiger partial charge is 0.371 e. The van der Waals surface area contributed by atoms with E-state index in [1.54, 1.807) is 13.8 Å². The Morgan fingerprint density at radius 2 is 1.83 bits per heavy atom. The number of oxime groups is 1. The molecule has 0 aromatic rings. The molecule has 0 aromatic carbocycles. The van der Waals surface area contributed by atoms with Crippen LogP contribution in [0.5, 0.6) is 0 Å². The number of alkyl halides is 3. The first-order chi connectivity index (χ1) is 7.99. The largest absolute Gasteiger partial charge is 0.445 e. The van der Waals surface area contributed by atoms with Gasteiger partial charge < -0.3 is 4.74 Å². The lowest BCUT2D eigenvalue weighted by molar-refractivity contribution is 0.0796. The van der Waals surface area contributed by atoms with Gasteiger partial charge in [-0.15, -0.1) is 0 Å². The van der Waals surface area contributed by atoms with Crippen molar-refractivity contribution in [3.05, 3.63) is 0 Å². The van der Waals surface area contributed by atoms with E-state index < -0.39 is 14.8 Å². The molecule has 0 spiro atoms. The lowest BCUT2D eigenvalue weighted by Gasteiger charge is -2.21. The monoisotopic (exact) mass is 356 g/mol. The number of nitrogens with zero attached hydrogens (tertiary/aromatic N) is 2. The van der Waals surface area contributed by atoms with Crippen LogP contribution in [0.4, 0.5) is 4.79 Å². The van der Waals surface area contributed by atoms with Gasteiger partial charge in [-0.2, -0.15) is 0 Å². The highest BCUT2D eigenvalue weighted by molar-refractivity contribution is 8.03. The first-order valence-corrected chi connectivity index (χ1v) is 6.78. The topological polar surface area (TPSA) is 51.1 Å². The Hall–Kier alpha value is 0.410. The highest BCUT2D eigenvalue weighted by atomic mass is 35.6. The molecule has 0 aliphatic heterocycles. The fraction of sp³-hybridized carbons (Fsp3) is 0.750. The van der Waals surface area contributed by atoms with Crippen LogP contribution in [0.25, 0.3) is 0 Å². The molecule has 0 saturated heterocycles. The van der Waals surface area contributed by atoms with Crippen LogP contribution < -0.4 is 0 Å². The molecular weight excluding hydrogens is 346 g/mol. The van der Waals surface area contributed by atoms with Gasteiger partial charge in [0, 0.05) is 26.1 Å². The summed E-state index contributed by atoms with van der Waals surface area (Å²) in [6.45, 7) is 3.32. The Bertz CT molecular complexity index is 333. The third-order valence-electron chi connectivity index (χ3n) is 1.71. The van der Waals surface area contributed by atoms with E-state index in [1.165, 1.54) is 14.2 Å². The second-order valence-corrected chi connectivity index (χ2v) is 8.14. The van der Waals surface area contributed by atoms with E-state index >= 15 is 0 Å². The average molecular weight is 358 g/mol. The van der Waals surface area contributed by atoms with Crippen LogP contribution in [-0.2, 0) is 9.57 Å². The van der Waals surface area contributed by atoms with Gasteiger partial charge in [0.05, 0.1) is 0 Å². The molecule has 0 heterocycles. The second kappa shape index (κ2) is 7.26. The van der Waals surface area contributed by atoms with Gasteiger partial charge in [0.25, 0.3) is 3.12 Å². The molecule has 1 amide bonds. The lowest BCUT2D eigenvalue weighted by Crippen LogP contribution is -2.31. The maximum atomic E-state index is 11.4. The SMILES string of the molecule is COC(C)(C)C(Cl)=NOC(=O)N(C)SC(Cl)(Cl)Cl. The Morgan fingerprint density at radius 3 is 2.22 bits per heavy atom. The van der Waals surface area contributed by atoms with E-state index in [0.29, 0.717) is 11.9 Å². The Kier molecular flexibility index (Phi) is 7.43. The number of amides is 1. The maximum absolute atomic E-state index is 11.4. The molecule has 0 aromatic heterocycles. The van der Waals surface area contributed by atoms with E-state index in [0.717, 1.165) is 4.31 Å². The summed E-state index contributed by atoms with van der Waals surface area (Å²) in [5, 5.41) is 3.42. The minimum atomic E-state index is -1.67. The van der Waals surface area contributed by atoms with Gasteiger partial charge in [-0.05, 0) is 13.8 Å². The molecule has 0 saturated carbocycles. The zero-order valence-corrected chi connectivity index (χ0v) is 13.9. The molecule has 0 fully saturated rings. The van der Waals surface area contributed by atoms with Gasteiger partial charge >= 0.3 is 6.09 Å². The average Bonchev–Trinajstić information content (AvgIpc) is 2.22. The van der Waals surface area contributed by atoms with Crippen molar-refractivity contribution >= 4 is 69.6 Å². The predicted molar refractivity (Wildman–Crippen MR) is 76.5 cm³/mol. The highest BCUT2D eigenvalue weighted by Crippen LogP contribution is 2.40. The van der Waals surface area contributed by atoms with Crippen LogP contribution in [0.2, 0.25) is 0 Å². The maximum Gasteiger partial charge on any atom is 0.445 e. The van der Waals surface area contributed by atoms with E-state index in [-0.39, 0.29) is 5.17 Å². The summed E-state index contributed by atoms with van der Waals surface area (Å²) < 4.78 is 4.34. The third kappa shape index (κ3) is 7.11. The van der Waals surface area contributed by atoms with Gasteiger partial charge in [0.15, 0.2) is 5.17 Å². The number of halogens is 4. The van der Waals surface area contributed by atoms with Crippen molar-refractivity contribution in [3.8, 4) is 0 Å². The summed E-state index contributed by atoms with van der Waals surface area (Å²) in [6, 6.07) is 0. The van der Waals surface area contributed by atoms with Gasteiger partial charge in [-0.3, -0.25) is 4.84 Å². The normalized spacial score (nSPS) is 13.4. The van der Waals surface area contributed by atoms with Crippen molar-refractivity contribution < 1.29 is 14.4 Å². The van der Waals surface area contributed by atoms with Crippen LogP contribution in [0, 0.1) is 0 Å². The van der Waals surface area contributed by atoms with Crippen molar-refractivity contribution in [2.45, 2.75) is 22.6 Å². The van der Waals surface area contributed by atoms with Crippen molar-refractivity contribution in [2.75, 3.05) is 14.2 Å². The lowest BCUT2D eigenvalue weighted by atomic mass is 10.2. The molecule has 0 aliphatic rings. The van der Waals surface area contributed by atoms with E-state index in [1.807, 2.05) is 0 Å². The van der Waals surface area contributed by atoms with Crippen molar-refractivity contribution in [2.24, 2.45) is 5.16 Å². The van der Waals surface area contributed by atoms with E-state index in [2.05, 4.69) is 9.99 Å². The summed E-state index contributed by atoms with van der Waals surface area (Å²) in [5.74, 6) is 0. The molecule has 106 valence electrons. The first-order valence-electron chi connectivity index (χ1n) is 4.49. The molecule has 18 heavy (non-hydrogen) atoms. The zero-order valence-electron chi connectivity index (χ0n) is 10.0. The summed E-state index contributed by atoms with van der Waals surface area (Å²) in [6.07, 6.45) is -0.837. The van der Waals surface area contributed by atoms with Gasteiger partial charge in [0.1, 0.15) is 5.60 Å². The molecule has 0 N–H and O–H groups in total. The highest BCUT2D eigenvalue weighted by Gasteiger charge is 2.28. The molecule has 0 radical (unpaired) electrons. The molecule has 10 heteroatoms. The van der Waals surface area contributed by atoms with Crippen molar-refractivity contribution in [1.82, 2.24) is 4.31 Å². The molecule has 0 atom stereocenters. The third-order valence-corrected chi connectivity index (χ3v) is 3.48. The number of rotatable bonds is 4. The molecule has 0 rings (SSSR count). The van der Waals surface area contributed by atoms with Crippen LogP contribution in [0.3, 0.4) is 0 Å². The molecule has 0 aliphatic carbocycles. The molecular formula is C8H12Cl4N2O3S. The minimum absolute atomic E-state index is 0.0226. The minimum Gasteiger partial charge on any atom is -0.371 e. The van der Waals surface area contributed by atoms with Crippen LogP contribution in [0.1, 0.15) is 13.8 Å². The standard InChI is InChI=1S/C8H12Cl4N2O3S/c1-7(2,16-4)5(9)13-17-6(15)14(3)18-8(10,11)12/h1-4H3. The number of hydrogen-bond donors (Lipinski definition) is 0. The Balaban J connectivity index is 4.47. The predicted octanol–water partition coefficient (Wildman–Crippen LogP) is 4.01. The van der Waals surface area contributed by atoms with Gasteiger partial charge in [0.2, 0.25) is 0 Å². The summed E-state index contributed by atoms with van der Waals surface area (Å²) in [5.41, 5.74) is -0.858. The first kappa shape index (κ1) is 18.4. The van der Waals surface area contributed by atoms with Crippen LogP contribution in [0.15, 0.2) is 5.16 Å². The van der Waals surface area contributed by atoms with Crippen LogP contribution in [-0.4, -0.2) is 38.5 Å². The quantitative estimate of drug-likeness (QED) is 0.251. The fourth-order valence-electron chi connectivity index (χ4n) is 0.523. The Labute approximate surface area is 130 Å². The number of carbonyl (C=O) groups excluding carboxylic acids is 1. The van der Waals surface area contributed by atoms with Crippen molar-refractivity contribution in [3.63, 3.8) is 0 Å². The summed E-state index contributed by atoms with van der Waals surface area (Å²) >= 11 is 22.9. The number of hydrogen-bond acceptors (Lipinski definition) is 5. The summed E-state index contributed by atoms with van der Waals surface area (Å²) in [4.78, 5) is 16.0. The number of carbonyl (C=O) groups is 1. The second-order valence-electron chi connectivity index (χ2n) is 3.49. The van der Waals surface area contributed by atoms with Gasteiger partial charge in [-0.1, -0.05) is 51.6 Å². The molecule has 5 nitrogen and oxygen atoms in total. The zero-order chi connectivity index (χ0) is 14.6. The Morgan fingerprint density at radius 1 is 1.33 bits per heavy atom. The number of methoxy groups -OCH3 is 1. The van der Waals surface area contributed by atoms with Crippen LogP contribution >= 0.6 is 58.4 Å². The van der Waals surface area contributed by atoms with Gasteiger partial charge in [-0.25, -0.2) is 9.10 Å². The number of ether oxygens (including phenoxy) is 1. The fourth-order valence-corrected chi connectivity index (χ4v) is 1.98.